The highest BCUT2D eigenvalue weighted by atomic mass is 16.6. The molecule has 0 aliphatic rings. The van der Waals surface area contributed by atoms with E-state index in [2.05, 4.69) is 4.98 Å². The largest absolute Gasteiger partial charge is 0.480 e. The van der Waals surface area contributed by atoms with Crippen LogP contribution >= 0.6 is 0 Å². The number of carboxylic acid groups (broad SMARTS) is 1. The second kappa shape index (κ2) is 9.88. The van der Waals surface area contributed by atoms with Gasteiger partial charge in [0, 0.05) is 25.4 Å². The number of carbonyl (C=O) groups excluding carboxylic acids is 1. The third-order valence-corrected chi connectivity index (χ3v) is 4.15. The number of amides is 1. The number of carboxylic acids is 1. The summed E-state index contributed by atoms with van der Waals surface area (Å²) >= 11 is 0. The van der Waals surface area contributed by atoms with Crippen LogP contribution in [0.5, 0.6) is 0 Å². The number of ether oxygens (including phenoxy) is 1. The molecule has 0 spiro atoms. The molecule has 0 aliphatic carbocycles. The Kier molecular flexibility index (Phi) is 7.55. The minimum atomic E-state index is -1.05. The van der Waals surface area contributed by atoms with Gasteiger partial charge in [-0.3, -0.25) is 9.88 Å². The molecule has 0 saturated carbocycles. The minimum Gasteiger partial charge on any atom is -0.480 e. The van der Waals surface area contributed by atoms with Gasteiger partial charge in [0.05, 0.1) is 0 Å². The molecule has 2 aromatic rings. The zero-order valence-electron chi connectivity index (χ0n) is 16.7. The summed E-state index contributed by atoms with van der Waals surface area (Å²) in [7, 11) is 0. The summed E-state index contributed by atoms with van der Waals surface area (Å²) in [6, 6.07) is 12.1. The van der Waals surface area contributed by atoms with Gasteiger partial charge in [-0.1, -0.05) is 36.4 Å². The fraction of sp³-hybridized carbons (Fsp3) is 0.409. The number of aliphatic carboxylic acids is 1. The van der Waals surface area contributed by atoms with Gasteiger partial charge < -0.3 is 9.84 Å². The molecule has 1 amide bonds. The number of aromatic nitrogens is 1. The first-order chi connectivity index (χ1) is 13.3. The summed E-state index contributed by atoms with van der Waals surface area (Å²) in [5, 5.41) is 9.81. The van der Waals surface area contributed by atoms with Crippen molar-refractivity contribution in [3.05, 3.63) is 66.0 Å². The molecule has 2 rings (SSSR count). The molecule has 0 bridgehead atoms. The molecule has 0 radical (unpaired) electrons. The molecule has 6 nitrogen and oxygen atoms in total. The highest BCUT2D eigenvalue weighted by Crippen LogP contribution is 2.17. The molecule has 1 N–H and O–H groups in total. The molecule has 6 heteroatoms. The van der Waals surface area contributed by atoms with Crippen molar-refractivity contribution in [3.8, 4) is 0 Å². The average Bonchev–Trinajstić information content (AvgIpc) is 2.64. The Bertz CT molecular complexity index is 757. The van der Waals surface area contributed by atoms with Crippen LogP contribution in [0.1, 0.15) is 38.3 Å². The minimum absolute atomic E-state index is 0.225. The van der Waals surface area contributed by atoms with E-state index >= 15 is 0 Å². The SMILES string of the molecule is CC(C)(C)OC(=O)N(CCCc1cccnc1)[C@H](Cc1ccccc1)C(=O)O. The van der Waals surface area contributed by atoms with Crippen molar-refractivity contribution < 1.29 is 19.4 Å². The zero-order chi connectivity index (χ0) is 20.6. The Labute approximate surface area is 166 Å². The predicted octanol–water partition coefficient (Wildman–Crippen LogP) is 3.95. The zero-order valence-corrected chi connectivity index (χ0v) is 16.7. The highest BCUT2D eigenvalue weighted by molar-refractivity contribution is 5.80. The predicted molar refractivity (Wildman–Crippen MR) is 107 cm³/mol. The molecule has 1 aromatic heterocycles. The molecule has 0 fully saturated rings. The van der Waals surface area contributed by atoms with Crippen molar-refractivity contribution in [2.45, 2.75) is 51.7 Å². The van der Waals surface area contributed by atoms with Gasteiger partial charge in [-0.15, -0.1) is 0 Å². The van der Waals surface area contributed by atoms with Crippen LogP contribution in [0.3, 0.4) is 0 Å². The van der Waals surface area contributed by atoms with Crippen LogP contribution in [0.15, 0.2) is 54.9 Å². The number of pyridine rings is 1. The van der Waals surface area contributed by atoms with E-state index < -0.39 is 23.7 Å². The van der Waals surface area contributed by atoms with Crippen molar-refractivity contribution in [3.63, 3.8) is 0 Å². The molecule has 1 atom stereocenters. The van der Waals surface area contributed by atoms with E-state index in [1.807, 2.05) is 42.5 Å². The number of aryl methyl sites for hydroxylation is 1. The van der Waals surface area contributed by atoms with Crippen LogP contribution in [0.2, 0.25) is 0 Å². The van der Waals surface area contributed by atoms with E-state index in [1.165, 1.54) is 4.90 Å². The quantitative estimate of drug-likeness (QED) is 0.745. The maximum Gasteiger partial charge on any atom is 0.411 e. The number of benzene rings is 1. The summed E-state index contributed by atoms with van der Waals surface area (Å²) in [5.41, 5.74) is 1.20. The number of rotatable bonds is 8. The van der Waals surface area contributed by atoms with Crippen molar-refractivity contribution >= 4 is 12.1 Å². The number of carbonyl (C=O) groups is 2. The third kappa shape index (κ3) is 7.02. The molecule has 150 valence electrons. The van der Waals surface area contributed by atoms with E-state index in [1.54, 1.807) is 33.2 Å². The van der Waals surface area contributed by atoms with Crippen LogP contribution < -0.4 is 0 Å². The van der Waals surface area contributed by atoms with Crippen LogP contribution in [0.25, 0.3) is 0 Å². The van der Waals surface area contributed by atoms with E-state index in [0.717, 1.165) is 11.1 Å². The Hall–Kier alpha value is -2.89. The third-order valence-electron chi connectivity index (χ3n) is 4.15. The van der Waals surface area contributed by atoms with Crippen LogP contribution in [-0.2, 0) is 22.4 Å². The number of hydrogen-bond donors (Lipinski definition) is 1. The molecule has 1 heterocycles. The molecule has 0 aliphatic heterocycles. The van der Waals surface area contributed by atoms with Gasteiger partial charge in [0.1, 0.15) is 11.6 Å². The molecule has 0 unspecified atom stereocenters. The number of nitrogens with zero attached hydrogens (tertiary/aromatic N) is 2. The molecule has 28 heavy (non-hydrogen) atoms. The van der Waals surface area contributed by atoms with Crippen molar-refractivity contribution in [1.82, 2.24) is 9.88 Å². The lowest BCUT2D eigenvalue weighted by molar-refractivity contribution is -0.143. The van der Waals surface area contributed by atoms with Crippen LogP contribution in [0.4, 0.5) is 4.79 Å². The fourth-order valence-electron chi connectivity index (χ4n) is 2.86. The van der Waals surface area contributed by atoms with E-state index in [4.69, 9.17) is 4.74 Å². The maximum absolute atomic E-state index is 12.8. The summed E-state index contributed by atoms with van der Waals surface area (Å²) in [6.07, 6.45) is 4.41. The first-order valence-electron chi connectivity index (χ1n) is 9.41. The van der Waals surface area contributed by atoms with Crippen LogP contribution in [0, 0.1) is 0 Å². The van der Waals surface area contributed by atoms with Gasteiger partial charge in [-0.2, -0.15) is 0 Å². The lowest BCUT2D eigenvalue weighted by Crippen LogP contribution is -2.48. The smallest absolute Gasteiger partial charge is 0.411 e. The topological polar surface area (TPSA) is 79.7 Å². The summed E-state index contributed by atoms with van der Waals surface area (Å²) < 4.78 is 5.48. The summed E-state index contributed by atoms with van der Waals surface area (Å²) in [4.78, 5) is 30.2. The second-order valence-corrected chi connectivity index (χ2v) is 7.68. The summed E-state index contributed by atoms with van der Waals surface area (Å²) in [5.74, 6) is -1.05. The normalized spacial score (nSPS) is 12.2. The first kappa shape index (κ1) is 21.4. The van der Waals surface area contributed by atoms with Crippen molar-refractivity contribution in [2.24, 2.45) is 0 Å². The Morgan fingerprint density at radius 2 is 1.79 bits per heavy atom. The second-order valence-electron chi connectivity index (χ2n) is 7.68. The lowest BCUT2D eigenvalue weighted by atomic mass is 10.0. The van der Waals surface area contributed by atoms with Crippen molar-refractivity contribution in [1.29, 1.82) is 0 Å². The highest BCUT2D eigenvalue weighted by Gasteiger charge is 2.32. The fourth-order valence-corrected chi connectivity index (χ4v) is 2.86. The van der Waals surface area contributed by atoms with Crippen LogP contribution in [-0.4, -0.2) is 45.2 Å². The van der Waals surface area contributed by atoms with Crippen molar-refractivity contribution in [2.75, 3.05) is 6.54 Å². The average molecular weight is 384 g/mol. The van der Waals surface area contributed by atoms with Gasteiger partial charge >= 0.3 is 12.1 Å². The maximum atomic E-state index is 12.8. The van der Waals surface area contributed by atoms with Gasteiger partial charge in [-0.05, 0) is 50.8 Å². The van der Waals surface area contributed by atoms with Gasteiger partial charge in [0.25, 0.3) is 0 Å². The monoisotopic (exact) mass is 384 g/mol. The summed E-state index contributed by atoms with van der Waals surface area (Å²) in [6.45, 7) is 5.59. The van der Waals surface area contributed by atoms with E-state index in [-0.39, 0.29) is 13.0 Å². The van der Waals surface area contributed by atoms with E-state index in [9.17, 15) is 14.7 Å². The molecule has 0 saturated heterocycles. The van der Waals surface area contributed by atoms with Gasteiger partial charge in [0.2, 0.25) is 0 Å². The van der Waals surface area contributed by atoms with Gasteiger partial charge in [-0.25, -0.2) is 9.59 Å². The Morgan fingerprint density at radius 1 is 1.11 bits per heavy atom. The lowest BCUT2D eigenvalue weighted by Gasteiger charge is -2.31. The standard InChI is InChI=1S/C22H28N2O4/c1-22(2,3)28-21(27)24(14-8-12-18-11-7-13-23-16-18)19(20(25)26)15-17-9-5-4-6-10-17/h4-7,9-11,13,16,19H,8,12,14-15H2,1-3H3,(H,25,26)/t19-/m1/s1. The van der Waals surface area contributed by atoms with E-state index in [0.29, 0.717) is 12.8 Å². The first-order valence-corrected chi connectivity index (χ1v) is 9.41. The van der Waals surface area contributed by atoms with Gasteiger partial charge in [0.15, 0.2) is 0 Å². The Morgan fingerprint density at radius 3 is 2.36 bits per heavy atom. The number of hydrogen-bond acceptors (Lipinski definition) is 4. The molecule has 1 aromatic carbocycles. The Balaban J connectivity index is 2.16. The molecular formula is C22H28N2O4. The molecular weight excluding hydrogens is 356 g/mol.